The van der Waals surface area contributed by atoms with Crippen LogP contribution in [0.15, 0.2) is 22.7 Å². The molecule has 1 aliphatic rings. The third-order valence-electron chi connectivity index (χ3n) is 2.83. The summed E-state index contributed by atoms with van der Waals surface area (Å²) < 4.78 is 1.08. The minimum Gasteiger partial charge on any atom is -0.337 e. The third-order valence-corrected chi connectivity index (χ3v) is 3.94. The molecule has 0 bridgehead atoms. The lowest BCUT2D eigenvalue weighted by Gasteiger charge is -2.17. The molecule has 0 N–H and O–H groups in total. The molecule has 1 amide bonds. The van der Waals surface area contributed by atoms with Gasteiger partial charge in [-0.3, -0.25) is 4.79 Å². The molecule has 16 heavy (non-hydrogen) atoms. The Labute approximate surface area is 112 Å². The summed E-state index contributed by atoms with van der Waals surface area (Å²) in [6, 6.07) is 6.18. The number of likely N-dealkylation sites (tertiary alicyclic amines) is 1. The first-order valence-electron chi connectivity index (χ1n) is 5.23. The lowest BCUT2D eigenvalue weighted by atomic mass is 10.1. The van der Waals surface area contributed by atoms with Crippen LogP contribution in [0, 0.1) is 6.92 Å². The fourth-order valence-electron chi connectivity index (χ4n) is 1.92. The zero-order valence-corrected chi connectivity index (χ0v) is 12.2. The van der Waals surface area contributed by atoms with Gasteiger partial charge in [0, 0.05) is 28.8 Å². The number of benzene rings is 1. The largest absolute Gasteiger partial charge is 0.337 e. The van der Waals surface area contributed by atoms with E-state index < -0.39 is 0 Å². The second-order valence-corrected chi connectivity index (χ2v) is 6.36. The van der Waals surface area contributed by atoms with E-state index in [4.69, 9.17) is 0 Å². The van der Waals surface area contributed by atoms with Crippen LogP contribution in [-0.4, -0.2) is 22.2 Å². The van der Waals surface area contributed by atoms with Gasteiger partial charge in [0.15, 0.2) is 0 Å². The van der Waals surface area contributed by atoms with Gasteiger partial charge < -0.3 is 4.90 Å². The molecule has 0 radical (unpaired) electrons. The topological polar surface area (TPSA) is 20.3 Å². The third kappa shape index (κ3) is 2.66. The van der Waals surface area contributed by atoms with Crippen molar-refractivity contribution in [2.24, 2.45) is 0 Å². The molecule has 1 aromatic carbocycles. The van der Waals surface area contributed by atoms with Gasteiger partial charge in [-0.25, -0.2) is 0 Å². The van der Waals surface area contributed by atoms with Crippen molar-refractivity contribution in [1.29, 1.82) is 0 Å². The summed E-state index contributed by atoms with van der Waals surface area (Å²) in [5, 5.41) is 0. The van der Waals surface area contributed by atoms with E-state index in [0.717, 1.165) is 17.6 Å². The van der Waals surface area contributed by atoms with Crippen LogP contribution in [0.25, 0.3) is 0 Å². The maximum absolute atomic E-state index is 11.7. The molecule has 2 rings (SSSR count). The zero-order valence-electron chi connectivity index (χ0n) is 9.04. The van der Waals surface area contributed by atoms with Crippen LogP contribution in [0.2, 0.25) is 0 Å². The van der Waals surface area contributed by atoms with Crippen molar-refractivity contribution in [2.75, 3.05) is 6.54 Å². The normalized spacial score (nSPS) is 20.6. The Kier molecular flexibility index (Phi) is 3.70. The van der Waals surface area contributed by atoms with E-state index in [0.29, 0.717) is 11.2 Å². The number of halogens is 2. The fourth-order valence-corrected chi connectivity index (χ4v) is 3.02. The number of nitrogens with zero attached hydrogens (tertiary/aromatic N) is 1. The summed E-state index contributed by atoms with van der Waals surface area (Å²) in [6.07, 6.45) is 0.621. The molecule has 0 aliphatic carbocycles. The molecule has 4 heteroatoms. The van der Waals surface area contributed by atoms with Crippen molar-refractivity contribution in [3.8, 4) is 0 Å². The lowest BCUT2D eigenvalue weighted by molar-refractivity contribution is -0.128. The van der Waals surface area contributed by atoms with Gasteiger partial charge >= 0.3 is 0 Å². The molecule has 0 spiro atoms. The highest BCUT2D eigenvalue weighted by Gasteiger charge is 2.27. The highest BCUT2D eigenvalue weighted by atomic mass is 79.9. The highest BCUT2D eigenvalue weighted by molar-refractivity contribution is 9.10. The summed E-state index contributed by atoms with van der Waals surface area (Å²) >= 11 is 6.93. The number of alkyl halides is 1. The Bertz CT molecular complexity index is 419. The van der Waals surface area contributed by atoms with Crippen LogP contribution in [0.1, 0.15) is 17.5 Å². The van der Waals surface area contributed by atoms with Crippen LogP contribution in [0.3, 0.4) is 0 Å². The molecule has 1 saturated heterocycles. The highest BCUT2D eigenvalue weighted by Crippen LogP contribution is 2.22. The molecule has 0 aromatic heterocycles. The van der Waals surface area contributed by atoms with Crippen molar-refractivity contribution in [1.82, 2.24) is 4.90 Å². The molecule has 86 valence electrons. The average molecular weight is 347 g/mol. The van der Waals surface area contributed by atoms with Crippen molar-refractivity contribution in [2.45, 2.75) is 24.7 Å². The van der Waals surface area contributed by atoms with E-state index >= 15 is 0 Å². The van der Waals surface area contributed by atoms with Gasteiger partial charge in [0.1, 0.15) is 0 Å². The minimum atomic E-state index is 0.240. The SMILES string of the molecule is Cc1cc(Br)ccc1CN1CC(Br)CC1=O. The number of hydrogen-bond acceptors (Lipinski definition) is 1. The molecule has 1 atom stereocenters. The standard InChI is InChI=1S/C12H13Br2NO/c1-8-4-10(13)3-2-9(8)6-15-7-11(14)5-12(15)16/h2-4,11H,5-7H2,1H3. The minimum absolute atomic E-state index is 0.240. The first kappa shape index (κ1) is 12.1. The smallest absolute Gasteiger partial charge is 0.224 e. The summed E-state index contributed by atoms with van der Waals surface area (Å²) in [5.74, 6) is 0.240. The first-order chi connectivity index (χ1) is 7.56. The second-order valence-electron chi connectivity index (χ2n) is 4.15. The summed E-state index contributed by atoms with van der Waals surface area (Å²) in [4.78, 5) is 13.9. The fraction of sp³-hybridized carbons (Fsp3) is 0.417. The van der Waals surface area contributed by atoms with Gasteiger partial charge in [-0.05, 0) is 30.2 Å². The van der Waals surface area contributed by atoms with Crippen LogP contribution >= 0.6 is 31.9 Å². The Morgan fingerprint density at radius 2 is 2.25 bits per heavy atom. The Morgan fingerprint density at radius 3 is 2.81 bits per heavy atom. The first-order valence-corrected chi connectivity index (χ1v) is 6.94. The van der Waals surface area contributed by atoms with E-state index in [1.807, 2.05) is 11.0 Å². The molecular weight excluding hydrogens is 334 g/mol. The Morgan fingerprint density at radius 1 is 1.50 bits per heavy atom. The second kappa shape index (κ2) is 4.88. The van der Waals surface area contributed by atoms with Gasteiger partial charge in [-0.1, -0.05) is 37.9 Å². The molecule has 0 saturated carbocycles. The summed E-state index contributed by atoms with van der Waals surface area (Å²) in [7, 11) is 0. The van der Waals surface area contributed by atoms with E-state index in [1.165, 1.54) is 11.1 Å². The Balaban J connectivity index is 2.12. The maximum atomic E-state index is 11.7. The predicted molar refractivity (Wildman–Crippen MR) is 71.6 cm³/mol. The Hall–Kier alpha value is -0.350. The average Bonchev–Trinajstić information content (AvgIpc) is 2.50. The lowest BCUT2D eigenvalue weighted by Crippen LogP contribution is -2.25. The van der Waals surface area contributed by atoms with Crippen molar-refractivity contribution >= 4 is 37.8 Å². The van der Waals surface area contributed by atoms with E-state index in [9.17, 15) is 4.79 Å². The number of carbonyl (C=O) groups excluding carboxylic acids is 1. The molecule has 2 nitrogen and oxygen atoms in total. The molecule has 1 fully saturated rings. The molecule has 1 heterocycles. The molecular formula is C12H13Br2NO. The van der Waals surface area contributed by atoms with Crippen LogP contribution in [-0.2, 0) is 11.3 Å². The number of amides is 1. The van der Waals surface area contributed by atoms with Crippen molar-refractivity contribution in [3.63, 3.8) is 0 Å². The predicted octanol–water partition coefficient (Wildman–Crippen LogP) is 3.25. The summed E-state index contributed by atoms with van der Waals surface area (Å²) in [5.41, 5.74) is 2.44. The summed E-state index contributed by atoms with van der Waals surface area (Å²) in [6.45, 7) is 3.61. The van der Waals surface area contributed by atoms with Gasteiger partial charge in [0.25, 0.3) is 0 Å². The monoisotopic (exact) mass is 345 g/mol. The van der Waals surface area contributed by atoms with Gasteiger partial charge in [0.2, 0.25) is 5.91 Å². The zero-order chi connectivity index (χ0) is 11.7. The van der Waals surface area contributed by atoms with Crippen LogP contribution < -0.4 is 0 Å². The quantitative estimate of drug-likeness (QED) is 0.753. The molecule has 1 unspecified atom stereocenters. The van der Waals surface area contributed by atoms with Crippen molar-refractivity contribution < 1.29 is 4.79 Å². The van der Waals surface area contributed by atoms with Gasteiger partial charge in [-0.2, -0.15) is 0 Å². The molecule has 1 aromatic rings. The van der Waals surface area contributed by atoms with Gasteiger partial charge in [0.05, 0.1) is 0 Å². The van der Waals surface area contributed by atoms with Gasteiger partial charge in [-0.15, -0.1) is 0 Å². The number of hydrogen-bond donors (Lipinski definition) is 0. The van der Waals surface area contributed by atoms with E-state index in [2.05, 4.69) is 50.9 Å². The number of aryl methyl sites for hydroxylation is 1. The number of rotatable bonds is 2. The van der Waals surface area contributed by atoms with Crippen molar-refractivity contribution in [3.05, 3.63) is 33.8 Å². The van der Waals surface area contributed by atoms with E-state index in [-0.39, 0.29) is 5.91 Å². The van der Waals surface area contributed by atoms with E-state index in [1.54, 1.807) is 0 Å². The van der Waals surface area contributed by atoms with Crippen LogP contribution in [0.4, 0.5) is 0 Å². The number of carbonyl (C=O) groups is 1. The van der Waals surface area contributed by atoms with Crippen LogP contribution in [0.5, 0.6) is 0 Å². The maximum Gasteiger partial charge on any atom is 0.224 e. The molecule has 1 aliphatic heterocycles.